The monoisotopic (exact) mass is 332 g/mol. The Balaban J connectivity index is 1.71. The van der Waals surface area contributed by atoms with Crippen molar-refractivity contribution >= 4 is 23.1 Å². The highest BCUT2D eigenvalue weighted by Crippen LogP contribution is 2.26. The third-order valence-corrected chi connectivity index (χ3v) is 4.73. The van der Waals surface area contributed by atoms with Crippen LogP contribution >= 0.6 is 0 Å². The number of anilines is 3. The molecule has 0 radical (unpaired) electrons. The molecule has 1 atom stereocenters. The summed E-state index contributed by atoms with van der Waals surface area (Å²) >= 11 is 0. The van der Waals surface area contributed by atoms with Crippen molar-refractivity contribution in [3.8, 4) is 6.07 Å². The molecule has 0 bridgehead atoms. The summed E-state index contributed by atoms with van der Waals surface area (Å²) in [5.41, 5.74) is 2.09. The highest BCUT2D eigenvalue weighted by Gasteiger charge is 2.21. The number of aromatic nitrogens is 3. The molecular weight excluding hydrogens is 312 g/mol. The molecular formula is C19H20N6. The van der Waals surface area contributed by atoms with E-state index in [1.807, 2.05) is 34.8 Å². The molecule has 3 heterocycles. The van der Waals surface area contributed by atoms with E-state index in [4.69, 9.17) is 0 Å². The molecule has 6 nitrogen and oxygen atoms in total. The van der Waals surface area contributed by atoms with E-state index in [0.29, 0.717) is 23.2 Å². The first-order chi connectivity index (χ1) is 12.3. The normalized spacial score (nSPS) is 17.4. The second-order valence-electron chi connectivity index (χ2n) is 6.41. The molecule has 1 saturated heterocycles. The van der Waals surface area contributed by atoms with E-state index in [1.165, 1.54) is 19.3 Å². The molecule has 1 N–H and O–H groups in total. The Kier molecular flexibility index (Phi) is 3.98. The van der Waals surface area contributed by atoms with E-state index in [2.05, 4.69) is 39.4 Å². The Morgan fingerprint density at radius 2 is 2.04 bits per heavy atom. The molecule has 0 spiro atoms. The molecule has 1 aromatic carbocycles. The fraction of sp³-hybridized carbons (Fsp3) is 0.316. The molecule has 1 aliphatic rings. The highest BCUT2D eigenvalue weighted by atomic mass is 15.4. The van der Waals surface area contributed by atoms with Crippen molar-refractivity contribution in [2.24, 2.45) is 0 Å². The van der Waals surface area contributed by atoms with Crippen molar-refractivity contribution in [3.05, 3.63) is 48.0 Å². The molecule has 1 aliphatic heterocycles. The maximum atomic E-state index is 9.24. The summed E-state index contributed by atoms with van der Waals surface area (Å²) in [4.78, 5) is 6.97. The minimum absolute atomic E-state index is 0.499. The van der Waals surface area contributed by atoms with Gasteiger partial charge in [0, 0.05) is 12.6 Å². The van der Waals surface area contributed by atoms with Gasteiger partial charge in [-0.1, -0.05) is 18.2 Å². The summed E-state index contributed by atoms with van der Waals surface area (Å²) in [6.45, 7) is 3.30. The van der Waals surface area contributed by atoms with Crippen molar-refractivity contribution in [2.75, 3.05) is 16.8 Å². The molecule has 3 aromatic rings. The number of hydrogen-bond acceptors (Lipinski definition) is 5. The van der Waals surface area contributed by atoms with Gasteiger partial charge in [-0.05, 0) is 50.5 Å². The largest absolute Gasteiger partial charge is 0.354 e. The summed E-state index contributed by atoms with van der Waals surface area (Å²) < 4.78 is 1.89. The predicted molar refractivity (Wildman–Crippen MR) is 98.1 cm³/mol. The molecule has 4 rings (SSSR count). The summed E-state index contributed by atoms with van der Waals surface area (Å²) in [5, 5.41) is 17.0. The van der Waals surface area contributed by atoms with E-state index in [-0.39, 0.29) is 0 Å². The number of nitrogens with zero attached hydrogens (tertiary/aromatic N) is 5. The van der Waals surface area contributed by atoms with Crippen molar-refractivity contribution in [2.45, 2.75) is 32.2 Å². The van der Waals surface area contributed by atoms with Gasteiger partial charge in [0.05, 0.1) is 11.3 Å². The van der Waals surface area contributed by atoms with Crippen LogP contribution in [0.25, 0.3) is 5.65 Å². The van der Waals surface area contributed by atoms with Crippen molar-refractivity contribution in [1.82, 2.24) is 14.6 Å². The van der Waals surface area contributed by atoms with E-state index in [9.17, 15) is 5.26 Å². The third kappa shape index (κ3) is 2.89. The van der Waals surface area contributed by atoms with Gasteiger partial charge in [-0.25, -0.2) is 0 Å². The van der Waals surface area contributed by atoms with Gasteiger partial charge < -0.3 is 10.2 Å². The van der Waals surface area contributed by atoms with Crippen LogP contribution in [0.2, 0.25) is 0 Å². The maximum absolute atomic E-state index is 9.24. The minimum Gasteiger partial charge on any atom is -0.354 e. The van der Waals surface area contributed by atoms with E-state index in [1.54, 1.807) is 6.07 Å². The average Bonchev–Trinajstić information content (AvgIpc) is 3.05. The number of pyridine rings is 1. The van der Waals surface area contributed by atoms with E-state index >= 15 is 0 Å². The van der Waals surface area contributed by atoms with Crippen LogP contribution < -0.4 is 10.2 Å². The molecule has 0 amide bonds. The lowest BCUT2D eigenvalue weighted by Crippen LogP contribution is -2.38. The van der Waals surface area contributed by atoms with Crippen LogP contribution in [0.3, 0.4) is 0 Å². The summed E-state index contributed by atoms with van der Waals surface area (Å²) in [6.07, 6.45) is 3.69. The first-order valence-corrected chi connectivity index (χ1v) is 8.65. The smallest absolute Gasteiger partial charge is 0.247 e. The van der Waals surface area contributed by atoms with Crippen molar-refractivity contribution < 1.29 is 0 Å². The standard InChI is InChI=1S/C19H20N6/c1-14-7-4-5-12-24(14)18-11-6-10-17-22-19(23-25(17)18)21-16-9-3-2-8-15(16)13-20/h2-3,6,8-11,14H,4-5,7,12H2,1H3,(H,21,23). The predicted octanol–water partition coefficient (Wildman–Crippen LogP) is 3.72. The molecule has 126 valence electrons. The first kappa shape index (κ1) is 15.5. The lowest BCUT2D eigenvalue weighted by molar-refractivity contribution is 0.478. The number of piperidine rings is 1. The molecule has 1 unspecified atom stereocenters. The van der Waals surface area contributed by atoms with Gasteiger partial charge >= 0.3 is 0 Å². The van der Waals surface area contributed by atoms with Gasteiger partial charge in [0.15, 0.2) is 5.65 Å². The Hall–Kier alpha value is -3.07. The zero-order valence-corrected chi connectivity index (χ0v) is 14.2. The van der Waals surface area contributed by atoms with Crippen LogP contribution in [0, 0.1) is 11.3 Å². The van der Waals surface area contributed by atoms with Gasteiger partial charge in [-0.2, -0.15) is 14.8 Å². The molecule has 1 fully saturated rings. The second kappa shape index (κ2) is 6.44. The van der Waals surface area contributed by atoms with Crippen LogP contribution in [-0.2, 0) is 0 Å². The zero-order chi connectivity index (χ0) is 17.2. The van der Waals surface area contributed by atoms with Crippen molar-refractivity contribution in [3.63, 3.8) is 0 Å². The van der Waals surface area contributed by atoms with Crippen LogP contribution in [0.5, 0.6) is 0 Å². The fourth-order valence-electron chi connectivity index (χ4n) is 3.41. The molecule has 25 heavy (non-hydrogen) atoms. The van der Waals surface area contributed by atoms with Crippen molar-refractivity contribution in [1.29, 1.82) is 5.26 Å². The number of hydrogen-bond donors (Lipinski definition) is 1. The maximum Gasteiger partial charge on any atom is 0.247 e. The Morgan fingerprint density at radius 3 is 2.88 bits per heavy atom. The zero-order valence-electron chi connectivity index (χ0n) is 14.2. The number of nitrogens with one attached hydrogen (secondary N) is 1. The second-order valence-corrected chi connectivity index (χ2v) is 6.41. The van der Waals surface area contributed by atoms with E-state index in [0.717, 1.165) is 18.0 Å². The molecule has 0 saturated carbocycles. The van der Waals surface area contributed by atoms with Gasteiger partial charge in [0.2, 0.25) is 5.95 Å². The van der Waals surface area contributed by atoms with Crippen LogP contribution in [0.1, 0.15) is 31.7 Å². The quantitative estimate of drug-likeness (QED) is 0.791. The number of para-hydroxylation sites is 1. The number of nitriles is 1. The summed E-state index contributed by atoms with van der Waals surface area (Å²) in [6, 6.07) is 16.1. The van der Waals surface area contributed by atoms with Gasteiger partial charge in [-0.15, -0.1) is 5.10 Å². The third-order valence-electron chi connectivity index (χ3n) is 4.73. The van der Waals surface area contributed by atoms with Crippen LogP contribution in [0.4, 0.5) is 17.5 Å². The number of benzene rings is 1. The number of rotatable bonds is 3. The minimum atomic E-state index is 0.499. The fourth-order valence-corrected chi connectivity index (χ4v) is 3.41. The average molecular weight is 332 g/mol. The topological polar surface area (TPSA) is 69.2 Å². The molecule has 2 aromatic heterocycles. The van der Waals surface area contributed by atoms with Crippen LogP contribution in [-0.4, -0.2) is 27.2 Å². The summed E-state index contributed by atoms with van der Waals surface area (Å²) in [5.74, 6) is 1.57. The van der Waals surface area contributed by atoms with E-state index < -0.39 is 0 Å². The SMILES string of the molecule is CC1CCCCN1c1cccc2nc(Nc3ccccc3C#N)nn12. The van der Waals surface area contributed by atoms with Crippen LogP contribution in [0.15, 0.2) is 42.5 Å². The summed E-state index contributed by atoms with van der Waals surface area (Å²) in [7, 11) is 0. The first-order valence-electron chi connectivity index (χ1n) is 8.65. The van der Waals surface area contributed by atoms with Gasteiger partial charge in [0.25, 0.3) is 0 Å². The molecule has 6 heteroatoms. The lowest BCUT2D eigenvalue weighted by Gasteiger charge is -2.35. The highest BCUT2D eigenvalue weighted by molar-refractivity contribution is 5.64. The Labute approximate surface area is 146 Å². The Bertz CT molecular complexity index is 938. The van der Waals surface area contributed by atoms with Gasteiger partial charge in [0.1, 0.15) is 11.9 Å². The Morgan fingerprint density at radius 1 is 1.16 bits per heavy atom. The number of fused-ring (bicyclic) bond motifs is 1. The lowest BCUT2D eigenvalue weighted by atomic mass is 10.0. The molecule has 0 aliphatic carbocycles. The van der Waals surface area contributed by atoms with Gasteiger partial charge in [-0.3, -0.25) is 0 Å².